The number of nitrogens with zero attached hydrogens (tertiary/aromatic N) is 3. The third-order valence-corrected chi connectivity index (χ3v) is 4.24. The highest BCUT2D eigenvalue weighted by molar-refractivity contribution is 5.82. The number of aliphatic imine (C=N–C) groups is 1. The number of hydrogen-bond acceptors (Lipinski definition) is 6. The molecule has 0 saturated heterocycles. The van der Waals surface area contributed by atoms with E-state index in [1.807, 2.05) is 19.1 Å². The van der Waals surface area contributed by atoms with Gasteiger partial charge >= 0.3 is 0 Å². The lowest BCUT2D eigenvalue weighted by molar-refractivity contribution is -0.384. The van der Waals surface area contributed by atoms with Gasteiger partial charge in [0.15, 0.2) is 0 Å². The van der Waals surface area contributed by atoms with Crippen molar-refractivity contribution in [1.29, 1.82) is 5.26 Å². The summed E-state index contributed by atoms with van der Waals surface area (Å²) in [6, 6.07) is 15.6. The number of ether oxygens (including phenoxy) is 1. The third-order valence-electron chi connectivity index (χ3n) is 4.24. The van der Waals surface area contributed by atoms with Crippen LogP contribution in [-0.2, 0) is 6.61 Å². The summed E-state index contributed by atoms with van der Waals surface area (Å²) in [5.41, 5.74) is 2.96. The molecular formula is C21H17N3O4. The minimum Gasteiger partial charge on any atom is -0.489 e. The van der Waals surface area contributed by atoms with Crippen LogP contribution in [0.4, 0.5) is 11.6 Å². The number of rotatable bonds is 6. The SMILES string of the molecule is Cc1oc(/N=C/c2ccc(OCc3ccc([N+](=O)[O-])cc3)cc2)c(C#N)c1C. The monoisotopic (exact) mass is 375 g/mol. The fourth-order valence-corrected chi connectivity index (χ4v) is 2.50. The lowest BCUT2D eigenvalue weighted by Gasteiger charge is -2.06. The highest BCUT2D eigenvalue weighted by Crippen LogP contribution is 2.27. The molecule has 0 radical (unpaired) electrons. The first-order valence-electron chi connectivity index (χ1n) is 8.48. The molecule has 0 N–H and O–H groups in total. The molecule has 0 saturated carbocycles. The number of nitriles is 1. The molecule has 0 amide bonds. The highest BCUT2D eigenvalue weighted by Gasteiger charge is 2.12. The zero-order chi connectivity index (χ0) is 20.1. The molecule has 0 aliphatic carbocycles. The fourth-order valence-electron chi connectivity index (χ4n) is 2.50. The van der Waals surface area contributed by atoms with Gasteiger partial charge in [0.2, 0.25) is 5.88 Å². The maximum Gasteiger partial charge on any atom is 0.269 e. The fraction of sp³-hybridized carbons (Fsp3) is 0.143. The standard InChI is InChI=1S/C21H17N3O4/c1-14-15(2)28-21(20(14)11-22)23-12-16-5-9-19(10-6-16)27-13-17-3-7-18(8-4-17)24(25)26/h3-10,12H,13H2,1-2H3/b23-12+. The Kier molecular flexibility index (Phi) is 5.51. The van der Waals surface area contributed by atoms with Gasteiger partial charge in [0.05, 0.1) is 4.92 Å². The smallest absolute Gasteiger partial charge is 0.269 e. The van der Waals surface area contributed by atoms with Crippen molar-refractivity contribution < 1.29 is 14.1 Å². The van der Waals surface area contributed by atoms with Crippen LogP contribution in [0.15, 0.2) is 57.9 Å². The lowest BCUT2D eigenvalue weighted by Crippen LogP contribution is -1.96. The van der Waals surface area contributed by atoms with Crippen molar-refractivity contribution in [2.24, 2.45) is 4.99 Å². The molecule has 3 aromatic rings. The van der Waals surface area contributed by atoms with Crippen molar-refractivity contribution in [2.75, 3.05) is 0 Å². The van der Waals surface area contributed by atoms with E-state index in [0.29, 0.717) is 29.6 Å². The van der Waals surface area contributed by atoms with Crippen LogP contribution in [0.1, 0.15) is 28.0 Å². The van der Waals surface area contributed by atoms with Crippen molar-refractivity contribution in [1.82, 2.24) is 0 Å². The summed E-state index contributed by atoms with van der Waals surface area (Å²) in [5, 5.41) is 19.9. The Balaban J connectivity index is 1.63. The highest BCUT2D eigenvalue weighted by atomic mass is 16.6. The summed E-state index contributed by atoms with van der Waals surface area (Å²) < 4.78 is 11.2. The van der Waals surface area contributed by atoms with Gasteiger partial charge in [-0.25, -0.2) is 4.99 Å². The van der Waals surface area contributed by atoms with Crippen LogP contribution in [0.25, 0.3) is 0 Å². The van der Waals surface area contributed by atoms with Crippen LogP contribution in [0.5, 0.6) is 5.75 Å². The Morgan fingerprint density at radius 1 is 1.18 bits per heavy atom. The zero-order valence-corrected chi connectivity index (χ0v) is 15.4. The summed E-state index contributed by atoms with van der Waals surface area (Å²) in [5.74, 6) is 1.65. The molecule has 0 atom stereocenters. The van der Waals surface area contributed by atoms with Crippen molar-refractivity contribution in [3.63, 3.8) is 0 Å². The van der Waals surface area contributed by atoms with Crippen LogP contribution < -0.4 is 4.74 Å². The molecule has 2 aromatic carbocycles. The van der Waals surface area contributed by atoms with Gasteiger partial charge in [-0.1, -0.05) is 0 Å². The van der Waals surface area contributed by atoms with E-state index in [4.69, 9.17) is 9.15 Å². The first-order chi connectivity index (χ1) is 13.5. The Morgan fingerprint density at radius 2 is 1.86 bits per heavy atom. The quantitative estimate of drug-likeness (QED) is 0.342. The number of hydrogen-bond donors (Lipinski definition) is 0. The second kappa shape index (κ2) is 8.18. The Labute approximate surface area is 161 Å². The van der Waals surface area contributed by atoms with Gasteiger partial charge in [-0.15, -0.1) is 0 Å². The normalized spacial score (nSPS) is 10.8. The van der Waals surface area contributed by atoms with Crippen LogP contribution >= 0.6 is 0 Å². The summed E-state index contributed by atoms with van der Waals surface area (Å²) in [6.45, 7) is 3.93. The molecule has 0 bridgehead atoms. The second-order valence-corrected chi connectivity index (χ2v) is 6.11. The maximum atomic E-state index is 10.7. The van der Waals surface area contributed by atoms with E-state index in [2.05, 4.69) is 11.1 Å². The number of aryl methyl sites for hydroxylation is 1. The zero-order valence-electron chi connectivity index (χ0n) is 15.4. The molecule has 0 aliphatic rings. The number of benzene rings is 2. The first-order valence-corrected chi connectivity index (χ1v) is 8.48. The Hall–Kier alpha value is -3.92. The molecule has 1 aromatic heterocycles. The number of furan rings is 1. The molecular weight excluding hydrogens is 358 g/mol. The van der Waals surface area contributed by atoms with Gasteiger partial charge < -0.3 is 9.15 Å². The molecule has 0 spiro atoms. The largest absolute Gasteiger partial charge is 0.489 e. The summed E-state index contributed by atoms with van der Waals surface area (Å²) in [6.07, 6.45) is 1.62. The Morgan fingerprint density at radius 3 is 2.46 bits per heavy atom. The second-order valence-electron chi connectivity index (χ2n) is 6.11. The predicted molar refractivity (Wildman–Crippen MR) is 104 cm³/mol. The van der Waals surface area contributed by atoms with E-state index >= 15 is 0 Å². The van der Waals surface area contributed by atoms with Crippen molar-refractivity contribution in [3.05, 3.63) is 86.7 Å². The summed E-state index contributed by atoms with van der Waals surface area (Å²) in [4.78, 5) is 14.5. The molecule has 140 valence electrons. The average molecular weight is 375 g/mol. The van der Waals surface area contributed by atoms with E-state index in [-0.39, 0.29) is 5.69 Å². The van der Waals surface area contributed by atoms with E-state index in [1.54, 1.807) is 37.4 Å². The van der Waals surface area contributed by atoms with E-state index in [1.165, 1.54) is 12.1 Å². The predicted octanol–water partition coefficient (Wildman–Crippen LogP) is 5.01. The lowest BCUT2D eigenvalue weighted by atomic mass is 10.2. The van der Waals surface area contributed by atoms with Crippen LogP contribution in [0.3, 0.4) is 0 Å². The number of nitro groups is 1. The minimum atomic E-state index is -0.435. The van der Waals surface area contributed by atoms with Crippen molar-refractivity contribution >= 4 is 17.8 Å². The van der Waals surface area contributed by atoms with Crippen LogP contribution in [-0.4, -0.2) is 11.1 Å². The number of nitro benzene ring substituents is 1. The molecule has 0 unspecified atom stereocenters. The number of non-ortho nitro benzene ring substituents is 1. The van der Waals surface area contributed by atoms with Crippen LogP contribution in [0.2, 0.25) is 0 Å². The van der Waals surface area contributed by atoms with Gasteiger partial charge in [-0.05, 0) is 61.4 Å². The van der Waals surface area contributed by atoms with Gasteiger partial charge in [-0.2, -0.15) is 5.26 Å². The van der Waals surface area contributed by atoms with E-state index in [9.17, 15) is 15.4 Å². The Bertz CT molecular complexity index is 1060. The molecule has 3 rings (SSSR count). The molecule has 0 fully saturated rings. The van der Waals surface area contributed by atoms with Crippen molar-refractivity contribution in [2.45, 2.75) is 20.5 Å². The van der Waals surface area contributed by atoms with Gasteiger partial charge in [0.25, 0.3) is 5.69 Å². The molecule has 0 aliphatic heterocycles. The van der Waals surface area contributed by atoms with Gasteiger partial charge in [0.1, 0.15) is 29.7 Å². The molecule has 7 heteroatoms. The summed E-state index contributed by atoms with van der Waals surface area (Å²) in [7, 11) is 0. The molecule has 1 heterocycles. The van der Waals surface area contributed by atoms with Gasteiger partial charge in [-0.3, -0.25) is 10.1 Å². The average Bonchev–Trinajstić information content (AvgIpc) is 2.99. The minimum absolute atomic E-state index is 0.0499. The van der Waals surface area contributed by atoms with Crippen molar-refractivity contribution in [3.8, 4) is 11.8 Å². The topological polar surface area (TPSA) is 102 Å². The molecule has 7 nitrogen and oxygen atoms in total. The molecule has 28 heavy (non-hydrogen) atoms. The maximum absolute atomic E-state index is 10.7. The third kappa shape index (κ3) is 4.24. The summed E-state index contributed by atoms with van der Waals surface area (Å²) >= 11 is 0. The van der Waals surface area contributed by atoms with E-state index < -0.39 is 4.92 Å². The first kappa shape index (κ1) is 18.9. The van der Waals surface area contributed by atoms with E-state index in [0.717, 1.165) is 16.7 Å². The van der Waals surface area contributed by atoms with Crippen LogP contribution in [0, 0.1) is 35.3 Å². The van der Waals surface area contributed by atoms with Gasteiger partial charge in [0, 0.05) is 23.9 Å².